The highest BCUT2D eigenvalue weighted by Crippen LogP contribution is 2.16. The Bertz CT molecular complexity index is 762. The molecule has 2 aromatic carbocycles. The van der Waals surface area contributed by atoms with Crippen molar-refractivity contribution in [3.63, 3.8) is 0 Å². The van der Waals surface area contributed by atoms with Gasteiger partial charge in [-0.15, -0.1) is 0 Å². The summed E-state index contributed by atoms with van der Waals surface area (Å²) in [7, 11) is 0. The average Bonchev–Trinajstić information content (AvgIpc) is 2.69. The summed E-state index contributed by atoms with van der Waals surface area (Å²) < 4.78 is 5.39. The second-order valence-electron chi connectivity index (χ2n) is 6.11. The molecule has 3 rings (SSSR count). The van der Waals surface area contributed by atoms with Gasteiger partial charge in [0.1, 0.15) is 0 Å². The minimum atomic E-state index is 0.420. The maximum atomic E-state index is 8.70. The molecule has 6 heteroatoms. The highest BCUT2D eigenvalue weighted by atomic mass is 32.1. The molecular weight excluding hydrogens is 344 g/mol. The van der Waals surface area contributed by atoms with Gasteiger partial charge in [-0.3, -0.25) is 0 Å². The van der Waals surface area contributed by atoms with E-state index < -0.39 is 0 Å². The second-order valence-corrected chi connectivity index (χ2v) is 6.51. The lowest BCUT2D eigenvalue weighted by Crippen LogP contribution is -2.36. The molecule has 2 N–H and O–H groups in total. The van der Waals surface area contributed by atoms with Crippen molar-refractivity contribution >= 4 is 28.7 Å². The fourth-order valence-corrected chi connectivity index (χ4v) is 2.99. The Morgan fingerprint density at radius 1 is 1.04 bits per heavy atom. The van der Waals surface area contributed by atoms with Crippen molar-refractivity contribution in [2.75, 3.05) is 36.5 Å². The molecule has 1 aliphatic rings. The van der Waals surface area contributed by atoms with E-state index in [2.05, 4.69) is 45.9 Å². The Hall–Kier alpha value is -2.62. The number of anilines is 2. The molecule has 0 atom stereocenters. The first-order chi connectivity index (χ1) is 12.7. The van der Waals surface area contributed by atoms with Crippen molar-refractivity contribution < 1.29 is 4.74 Å². The van der Waals surface area contributed by atoms with Crippen LogP contribution in [-0.2, 0) is 17.7 Å². The van der Waals surface area contributed by atoms with Crippen molar-refractivity contribution in [2.45, 2.75) is 13.0 Å². The Balaban J connectivity index is 1.47. The Kier molecular flexibility index (Phi) is 6.42. The van der Waals surface area contributed by atoms with E-state index >= 15 is 0 Å². The molecule has 134 valence electrons. The lowest BCUT2D eigenvalue weighted by molar-refractivity contribution is 0.122. The first kappa shape index (κ1) is 18.2. The molecule has 5 nitrogen and oxygen atoms in total. The van der Waals surface area contributed by atoms with Crippen molar-refractivity contribution in [1.82, 2.24) is 5.32 Å². The summed E-state index contributed by atoms with van der Waals surface area (Å²) in [5.41, 5.74) is 4.31. The number of benzene rings is 2. The molecule has 0 amide bonds. The van der Waals surface area contributed by atoms with Crippen molar-refractivity contribution in [3.8, 4) is 6.07 Å². The normalized spacial score (nSPS) is 13.7. The van der Waals surface area contributed by atoms with E-state index in [0.29, 0.717) is 18.1 Å². The third-order valence-corrected chi connectivity index (χ3v) is 4.51. The summed E-state index contributed by atoms with van der Waals surface area (Å²) in [5.74, 6) is 0. The van der Waals surface area contributed by atoms with Crippen LogP contribution in [0.3, 0.4) is 0 Å². The number of rotatable bonds is 5. The quantitative estimate of drug-likeness (QED) is 0.793. The number of hydrogen-bond donors (Lipinski definition) is 2. The number of morpholine rings is 1. The van der Waals surface area contributed by atoms with Gasteiger partial charge in [-0.05, 0) is 47.6 Å². The van der Waals surface area contributed by atoms with E-state index in [1.54, 1.807) is 0 Å². The van der Waals surface area contributed by atoms with Crippen LogP contribution in [0.4, 0.5) is 11.4 Å². The molecule has 0 radical (unpaired) electrons. The summed E-state index contributed by atoms with van der Waals surface area (Å²) in [6, 6.07) is 18.4. The molecule has 0 unspecified atom stereocenters. The van der Waals surface area contributed by atoms with E-state index in [1.165, 1.54) is 11.3 Å². The standard InChI is InChI=1S/C20H22N4OS/c21-10-9-16-1-5-18(6-2-16)23-20(26)22-15-17-3-7-19(8-4-17)24-11-13-25-14-12-24/h1-8H,9,11-15H2,(H2,22,23,26). The van der Waals surface area contributed by atoms with Gasteiger partial charge >= 0.3 is 0 Å². The molecule has 1 saturated heterocycles. The molecular formula is C20H22N4OS. The van der Waals surface area contributed by atoms with Crippen LogP contribution in [0.2, 0.25) is 0 Å². The number of thiocarbonyl (C=S) groups is 1. The van der Waals surface area contributed by atoms with Gasteiger partial charge in [0.25, 0.3) is 0 Å². The van der Waals surface area contributed by atoms with E-state index in [9.17, 15) is 0 Å². The molecule has 0 aromatic heterocycles. The van der Waals surface area contributed by atoms with Crippen LogP contribution in [-0.4, -0.2) is 31.4 Å². The summed E-state index contributed by atoms with van der Waals surface area (Å²) in [5, 5.41) is 15.7. The molecule has 1 heterocycles. The molecule has 0 saturated carbocycles. The summed E-state index contributed by atoms with van der Waals surface area (Å²) in [6.07, 6.45) is 0.420. The van der Waals surface area contributed by atoms with Gasteiger partial charge in [0.05, 0.1) is 25.7 Å². The van der Waals surface area contributed by atoms with Gasteiger partial charge < -0.3 is 20.3 Å². The van der Waals surface area contributed by atoms with E-state index in [1.807, 2.05) is 24.3 Å². The largest absolute Gasteiger partial charge is 0.378 e. The van der Waals surface area contributed by atoms with E-state index in [0.717, 1.165) is 37.6 Å². The fourth-order valence-electron chi connectivity index (χ4n) is 2.80. The van der Waals surface area contributed by atoms with Gasteiger partial charge in [0.15, 0.2) is 5.11 Å². The van der Waals surface area contributed by atoms with Gasteiger partial charge in [-0.1, -0.05) is 24.3 Å². The second kappa shape index (κ2) is 9.18. The average molecular weight is 366 g/mol. The van der Waals surface area contributed by atoms with Gasteiger partial charge in [0.2, 0.25) is 0 Å². The maximum absolute atomic E-state index is 8.70. The van der Waals surface area contributed by atoms with Gasteiger partial charge in [-0.2, -0.15) is 5.26 Å². The number of ether oxygens (including phenoxy) is 1. The van der Waals surface area contributed by atoms with Gasteiger partial charge in [-0.25, -0.2) is 0 Å². The van der Waals surface area contributed by atoms with Crippen molar-refractivity contribution in [2.24, 2.45) is 0 Å². The first-order valence-corrected chi connectivity index (χ1v) is 9.08. The molecule has 0 bridgehead atoms. The topological polar surface area (TPSA) is 60.3 Å². The van der Waals surface area contributed by atoms with E-state index in [-0.39, 0.29) is 0 Å². The summed E-state index contributed by atoms with van der Waals surface area (Å²) >= 11 is 5.35. The number of hydrogen-bond acceptors (Lipinski definition) is 4. The highest BCUT2D eigenvalue weighted by Gasteiger charge is 2.10. The third-order valence-electron chi connectivity index (χ3n) is 4.26. The van der Waals surface area contributed by atoms with Crippen LogP contribution in [0.25, 0.3) is 0 Å². The Labute approximate surface area is 159 Å². The molecule has 26 heavy (non-hydrogen) atoms. The third kappa shape index (κ3) is 5.19. The van der Waals surface area contributed by atoms with Crippen LogP contribution in [0.1, 0.15) is 11.1 Å². The van der Waals surface area contributed by atoms with Crippen LogP contribution >= 0.6 is 12.2 Å². The van der Waals surface area contributed by atoms with Gasteiger partial charge in [0, 0.05) is 31.0 Å². The molecule has 1 fully saturated rings. The van der Waals surface area contributed by atoms with Crippen molar-refractivity contribution in [1.29, 1.82) is 5.26 Å². The summed E-state index contributed by atoms with van der Waals surface area (Å²) in [4.78, 5) is 2.34. The molecule has 0 spiro atoms. The van der Waals surface area contributed by atoms with Crippen molar-refractivity contribution in [3.05, 3.63) is 59.7 Å². The summed E-state index contributed by atoms with van der Waals surface area (Å²) in [6.45, 7) is 4.14. The minimum absolute atomic E-state index is 0.420. The molecule has 2 aromatic rings. The lowest BCUT2D eigenvalue weighted by Gasteiger charge is -2.28. The van der Waals surface area contributed by atoms with Crippen LogP contribution in [0.15, 0.2) is 48.5 Å². The highest BCUT2D eigenvalue weighted by molar-refractivity contribution is 7.80. The maximum Gasteiger partial charge on any atom is 0.171 e. The van der Waals surface area contributed by atoms with E-state index in [4.69, 9.17) is 22.2 Å². The number of nitriles is 1. The zero-order valence-electron chi connectivity index (χ0n) is 14.6. The molecule has 0 aliphatic carbocycles. The zero-order chi connectivity index (χ0) is 18.2. The van der Waals surface area contributed by atoms with Crippen LogP contribution < -0.4 is 15.5 Å². The first-order valence-electron chi connectivity index (χ1n) is 8.67. The molecule has 1 aliphatic heterocycles. The fraction of sp³-hybridized carbons (Fsp3) is 0.300. The lowest BCUT2D eigenvalue weighted by atomic mass is 10.1. The minimum Gasteiger partial charge on any atom is -0.378 e. The smallest absolute Gasteiger partial charge is 0.171 e. The van der Waals surface area contributed by atoms with Crippen LogP contribution in [0.5, 0.6) is 0 Å². The monoisotopic (exact) mass is 366 g/mol. The predicted molar refractivity (Wildman–Crippen MR) is 108 cm³/mol. The predicted octanol–water partition coefficient (Wildman–Crippen LogP) is 3.08. The Morgan fingerprint density at radius 3 is 2.35 bits per heavy atom. The SMILES string of the molecule is N#CCc1ccc(NC(=S)NCc2ccc(N3CCOCC3)cc2)cc1. The number of nitrogens with one attached hydrogen (secondary N) is 2. The van der Waals surface area contributed by atoms with Crippen LogP contribution in [0, 0.1) is 11.3 Å². The zero-order valence-corrected chi connectivity index (χ0v) is 15.4. The number of nitrogens with zero attached hydrogens (tertiary/aromatic N) is 2. The Morgan fingerprint density at radius 2 is 1.69 bits per heavy atom.